The van der Waals surface area contributed by atoms with E-state index in [1.54, 1.807) is 0 Å². The Morgan fingerprint density at radius 1 is 1.12 bits per heavy atom. The summed E-state index contributed by atoms with van der Waals surface area (Å²) in [7, 11) is 0. The number of aryl methyl sites for hydroxylation is 1. The lowest BCUT2D eigenvalue weighted by Gasteiger charge is -2.26. The van der Waals surface area contributed by atoms with Gasteiger partial charge in [-0.1, -0.05) is 44.2 Å². The van der Waals surface area contributed by atoms with Gasteiger partial charge < -0.3 is 10.5 Å². The van der Waals surface area contributed by atoms with Crippen LogP contribution in [0.3, 0.4) is 0 Å². The van der Waals surface area contributed by atoms with Crippen molar-refractivity contribution in [1.82, 2.24) is 0 Å². The minimum atomic E-state index is -0.132. The second kappa shape index (κ2) is 7.46. The zero-order chi connectivity index (χ0) is 12.6. The minimum Gasteiger partial charge on any atom is -0.380 e. The number of hydrogen-bond acceptors (Lipinski definition) is 2. The molecule has 0 unspecified atom stereocenters. The van der Waals surface area contributed by atoms with E-state index in [1.165, 1.54) is 5.56 Å². The highest BCUT2D eigenvalue weighted by Gasteiger charge is 2.19. The van der Waals surface area contributed by atoms with E-state index in [1.807, 2.05) is 6.07 Å². The molecule has 0 amide bonds. The van der Waals surface area contributed by atoms with Crippen LogP contribution in [0.2, 0.25) is 0 Å². The Bertz CT molecular complexity index is 293. The molecular weight excluding hydrogens is 210 g/mol. The van der Waals surface area contributed by atoms with E-state index in [4.69, 9.17) is 10.5 Å². The average Bonchev–Trinajstić information content (AvgIpc) is 2.39. The van der Waals surface area contributed by atoms with Gasteiger partial charge in [0.05, 0.1) is 6.61 Å². The first-order valence-corrected chi connectivity index (χ1v) is 6.61. The molecule has 0 saturated carbocycles. The van der Waals surface area contributed by atoms with E-state index in [9.17, 15) is 0 Å². The van der Waals surface area contributed by atoms with Crippen LogP contribution in [0.1, 0.15) is 38.7 Å². The van der Waals surface area contributed by atoms with Crippen LogP contribution in [0.25, 0.3) is 0 Å². The van der Waals surface area contributed by atoms with E-state index < -0.39 is 0 Å². The van der Waals surface area contributed by atoms with E-state index in [-0.39, 0.29) is 5.54 Å². The van der Waals surface area contributed by atoms with Gasteiger partial charge in [-0.15, -0.1) is 0 Å². The molecule has 0 radical (unpaired) electrons. The fraction of sp³-hybridized carbons (Fsp3) is 0.600. The quantitative estimate of drug-likeness (QED) is 0.702. The Morgan fingerprint density at radius 2 is 1.76 bits per heavy atom. The molecule has 2 heteroatoms. The third-order valence-electron chi connectivity index (χ3n) is 3.39. The summed E-state index contributed by atoms with van der Waals surface area (Å²) in [6, 6.07) is 10.5. The molecule has 0 aromatic heterocycles. The van der Waals surface area contributed by atoms with Crippen LogP contribution in [-0.2, 0) is 11.2 Å². The third-order valence-corrected chi connectivity index (χ3v) is 3.39. The minimum absolute atomic E-state index is 0.132. The first kappa shape index (κ1) is 14.2. The normalized spacial score (nSPS) is 11.7. The predicted octanol–water partition coefficient (Wildman–Crippen LogP) is 3.15. The lowest BCUT2D eigenvalue weighted by Crippen LogP contribution is -2.43. The van der Waals surface area contributed by atoms with Crippen molar-refractivity contribution in [2.45, 2.75) is 45.1 Å². The first-order valence-electron chi connectivity index (χ1n) is 6.61. The third kappa shape index (κ3) is 5.33. The van der Waals surface area contributed by atoms with Gasteiger partial charge in [-0.3, -0.25) is 0 Å². The molecule has 96 valence electrons. The molecule has 0 fully saturated rings. The summed E-state index contributed by atoms with van der Waals surface area (Å²) in [5.74, 6) is 0. The fourth-order valence-corrected chi connectivity index (χ4v) is 1.75. The molecule has 0 heterocycles. The first-order chi connectivity index (χ1) is 8.20. The predicted molar refractivity (Wildman–Crippen MR) is 73.1 cm³/mol. The number of rotatable bonds is 8. The van der Waals surface area contributed by atoms with Gasteiger partial charge in [0.2, 0.25) is 0 Å². The van der Waals surface area contributed by atoms with Gasteiger partial charge in [-0.25, -0.2) is 0 Å². The summed E-state index contributed by atoms with van der Waals surface area (Å²) in [5, 5.41) is 0. The smallest absolute Gasteiger partial charge is 0.0645 e. The summed E-state index contributed by atoms with van der Waals surface area (Å²) < 4.78 is 5.68. The summed E-state index contributed by atoms with van der Waals surface area (Å²) in [4.78, 5) is 0. The van der Waals surface area contributed by atoms with Crippen LogP contribution in [0.15, 0.2) is 30.3 Å². The van der Waals surface area contributed by atoms with Crippen LogP contribution in [0.5, 0.6) is 0 Å². The van der Waals surface area contributed by atoms with Crippen molar-refractivity contribution in [1.29, 1.82) is 0 Å². The molecule has 0 spiro atoms. The highest BCUT2D eigenvalue weighted by Crippen LogP contribution is 2.11. The Morgan fingerprint density at radius 3 is 2.35 bits per heavy atom. The van der Waals surface area contributed by atoms with Crippen molar-refractivity contribution < 1.29 is 4.74 Å². The molecule has 0 aliphatic heterocycles. The molecule has 0 saturated heterocycles. The number of hydrogen-bond donors (Lipinski definition) is 1. The van der Waals surface area contributed by atoms with Crippen LogP contribution in [0, 0.1) is 0 Å². The van der Waals surface area contributed by atoms with E-state index in [2.05, 4.69) is 38.1 Å². The number of benzene rings is 1. The average molecular weight is 235 g/mol. The summed E-state index contributed by atoms with van der Waals surface area (Å²) >= 11 is 0. The maximum absolute atomic E-state index is 6.16. The SMILES string of the molecule is CCC(N)(CC)COCCCc1ccccc1. The zero-order valence-electron chi connectivity index (χ0n) is 11.1. The monoisotopic (exact) mass is 235 g/mol. The second-order valence-electron chi connectivity index (χ2n) is 4.71. The van der Waals surface area contributed by atoms with Gasteiger partial charge in [0.15, 0.2) is 0 Å². The molecule has 0 aliphatic rings. The van der Waals surface area contributed by atoms with Crippen molar-refractivity contribution in [2.75, 3.05) is 13.2 Å². The van der Waals surface area contributed by atoms with E-state index >= 15 is 0 Å². The molecule has 1 aromatic rings. The topological polar surface area (TPSA) is 35.2 Å². The molecule has 2 N–H and O–H groups in total. The Hall–Kier alpha value is -0.860. The van der Waals surface area contributed by atoms with Crippen LogP contribution < -0.4 is 5.73 Å². The molecule has 1 aromatic carbocycles. The van der Waals surface area contributed by atoms with Crippen molar-refractivity contribution in [2.24, 2.45) is 5.73 Å². The number of ether oxygens (including phenoxy) is 1. The fourth-order valence-electron chi connectivity index (χ4n) is 1.75. The summed E-state index contributed by atoms with van der Waals surface area (Å²) in [6.07, 6.45) is 4.09. The van der Waals surface area contributed by atoms with Crippen molar-refractivity contribution in [3.63, 3.8) is 0 Å². The maximum atomic E-state index is 6.16. The molecular formula is C15H25NO. The second-order valence-corrected chi connectivity index (χ2v) is 4.71. The Kier molecular flexibility index (Phi) is 6.23. The van der Waals surface area contributed by atoms with Crippen molar-refractivity contribution in [3.05, 3.63) is 35.9 Å². The highest BCUT2D eigenvalue weighted by molar-refractivity contribution is 5.14. The lowest BCUT2D eigenvalue weighted by atomic mass is 9.96. The van der Waals surface area contributed by atoms with Gasteiger partial charge in [0.1, 0.15) is 0 Å². The van der Waals surface area contributed by atoms with Gasteiger partial charge in [-0.05, 0) is 31.2 Å². The number of nitrogens with two attached hydrogens (primary N) is 1. The zero-order valence-corrected chi connectivity index (χ0v) is 11.1. The molecule has 0 atom stereocenters. The van der Waals surface area contributed by atoms with Crippen LogP contribution >= 0.6 is 0 Å². The summed E-state index contributed by atoms with van der Waals surface area (Å²) in [6.45, 7) is 5.72. The molecule has 1 rings (SSSR count). The van der Waals surface area contributed by atoms with E-state index in [0.717, 1.165) is 32.3 Å². The van der Waals surface area contributed by atoms with Gasteiger partial charge in [-0.2, -0.15) is 0 Å². The van der Waals surface area contributed by atoms with Crippen molar-refractivity contribution >= 4 is 0 Å². The Balaban J connectivity index is 2.13. The van der Waals surface area contributed by atoms with Gasteiger partial charge >= 0.3 is 0 Å². The molecule has 2 nitrogen and oxygen atoms in total. The molecule has 17 heavy (non-hydrogen) atoms. The summed E-state index contributed by atoms with van der Waals surface area (Å²) in [5.41, 5.74) is 7.41. The van der Waals surface area contributed by atoms with Crippen molar-refractivity contribution in [3.8, 4) is 0 Å². The molecule has 0 bridgehead atoms. The molecule has 0 aliphatic carbocycles. The standard InChI is InChI=1S/C15H25NO/c1-3-15(16,4-2)13-17-12-8-11-14-9-6-5-7-10-14/h5-7,9-10H,3-4,8,11-13,16H2,1-2H3. The maximum Gasteiger partial charge on any atom is 0.0645 e. The van der Waals surface area contributed by atoms with Gasteiger partial charge in [0.25, 0.3) is 0 Å². The Labute approximate surface area is 105 Å². The highest BCUT2D eigenvalue weighted by atomic mass is 16.5. The largest absolute Gasteiger partial charge is 0.380 e. The van der Waals surface area contributed by atoms with Crippen LogP contribution in [-0.4, -0.2) is 18.8 Å². The van der Waals surface area contributed by atoms with Crippen LogP contribution in [0.4, 0.5) is 0 Å². The van der Waals surface area contributed by atoms with E-state index in [0.29, 0.717) is 6.61 Å². The van der Waals surface area contributed by atoms with Gasteiger partial charge in [0, 0.05) is 12.1 Å². The lowest BCUT2D eigenvalue weighted by molar-refractivity contribution is 0.0795.